The van der Waals surface area contributed by atoms with E-state index in [0.29, 0.717) is 18.9 Å². The largest absolute Gasteiger partial charge is 0.508 e. The first-order valence-corrected chi connectivity index (χ1v) is 23.6. The van der Waals surface area contributed by atoms with Gasteiger partial charge in [0.2, 0.25) is 6.54 Å². The second-order valence-corrected chi connectivity index (χ2v) is 20.1. The fraction of sp³-hybridized carbons (Fsp3) is 0.561. The highest BCUT2D eigenvalue weighted by atomic mass is 16.5. The maximum absolute atomic E-state index is 10.5. The summed E-state index contributed by atoms with van der Waals surface area (Å²) >= 11 is 0. The van der Waals surface area contributed by atoms with Crippen LogP contribution in [0, 0.1) is 45.1 Å². The van der Waals surface area contributed by atoms with Crippen molar-refractivity contribution in [1.82, 2.24) is 0 Å². The molecule has 0 fully saturated rings. The third-order valence-corrected chi connectivity index (χ3v) is 14.0. The Balaban J connectivity index is 0.000000336. The van der Waals surface area contributed by atoms with E-state index < -0.39 is 0 Å². The Kier molecular flexibility index (Phi) is 19.4. The van der Waals surface area contributed by atoms with Crippen molar-refractivity contribution in [1.29, 1.82) is 0 Å². The van der Waals surface area contributed by atoms with Crippen molar-refractivity contribution in [2.45, 2.75) is 184 Å². The van der Waals surface area contributed by atoms with Crippen LogP contribution >= 0.6 is 0 Å². The van der Waals surface area contributed by atoms with Crippen molar-refractivity contribution in [3.8, 4) is 11.5 Å². The van der Waals surface area contributed by atoms with Crippen molar-refractivity contribution in [2.75, 3.05) is 13.2 Å². The molecule has 4 aromatic carbocycles. The Morgan fingerprint density at radius 2 is 0.935 bits per heavy atom. The molecule has 62 heavy (non-hydrogen) atoms. The second kappa shape index (κ2) is 23.0. The number of aliphatic hydroxyl groups excluding tert-OH is 2. The van der Waals surface area contributed by atoms with Crippen LogP contribution in [0.1, 0.15) is 176 Å². The Bertz CT molecular complexity index is 2050. The lowest BCUT2D eigenvalue weighted by Crippen LogP contribution is -2.27. The summed E-state index contributed by atoms with van der Waals surface area (Å²) in [4.78, 5) is 3.41. The van der Waals surface area contributed by atoms with Gasteiger partial charge in [-0.15, -0.1) is 0 Å². The molecule has 3 N–H and O–H groups in total. The monoisotopic (exact) mass is 846 g/mol. The molecule has 0 heterocycles. The Morgan fingerprint density at radius 1 is 0.548 bits per heavy atom. The Labute approximate surface area is 378 Å². The minimum atomic E-state index is -0.298. The molecule has 2 atom stereocenters. The third kappa shape index (κ3) is 13.2. The number of aliphatic hydroxyl groups is 2. The van der Waals surface area contributed by atoms with Gasteiger partial charge in [0.1, 0.15) is 11.5 Å². The van der Waals surface area contributed by atoms with Gasteiger partial charge in [0.05, 0.1) is 18.8 Å². The first-order valence-electron chi connectivity index (χ1n) is 23.6. The number of phenolic OH excluding ortho intramolecular Hbond substituents is 1. The number of benzene rings is 4. The minimum Gasteiger partial charge on any atom is -0.508 e. The summed E-state index contributed by atoms with van der Waals surface area (Å²) in [6.45, 7) is 38.2. The minimum absolute atomic E-state index is 0.0346. The van der Waals surface area contributed by atoms with Gasteiger partial charge >= 0.3 is 0 Å². The van der Waals surface area contributed by atoms with E-state index in [1.54, 1.807) is 0 Å². The molecule has 0 bridgehead atoms. The molecule has 2 unspecified atom stereocenters. The van der Waals surface area contributed by atoms with Gasteiger partial charge in [0, 0.05) is 17.3 Å². The van der Waals surface area contributed by atoms with Crippen LogP contribution in [-0.2, 0) is 23.7 Å². The summed E-state index contributed by atoms with van der Waals surface area (Å²) in [6, 6.07) is 26.4. The average molecular weight is 846 g/mol. The van der Waals surface area contributed by atoms with Crippen molar-refractivity contribution in [2.24, 2.45) is 10.8 Å². The quantitative estimate of drug-likeness (QED) is 0.0649. The highest BCUT2D eigenvalue weighted by molar-refractivity contribution is 5.48. The zero-order valence-electron chi connectivity index (χ0n) is 41.3. The van der Waals surface area contributed by atoms with E-state index in [1.165, 1.54) is 50.1 Å². The normalized spacial score (nSPS) is 13.2. The first kappa shape index (κ1) is 52.2. The van der Waals surface area contributed by atoms with Crippen molar-refractivity contribution in [3.63, 3.8) is 0 Å². The number of aryl methyl sites for hydroxylation is 6. The van der Waals surface area contributed by atoms with Gasteiger partial charge in [-0.3, -0.25) is 0 Å². The van der Waals surface area contributed by atoms with E-state index in [2.05, 4.69) is 162 Å². The van der Waals surface area contributed by atoms with Gasteiger partial charge in [-0.1, -0.05) is 130 Å². The molecule has 0 aliphatic rings. The molecular formula is C57H83NO4. The van der Waals surface area contributed by atoms with Crippen LogP contribution in [0.5, 0.6) is 11.5 Å². The van der Waals surface area contributed by atoms with E-state index in [1.807, 2.05) is 13.0 Å². The van der Waals surface area contributed by atoms with Crippen LogP contribution in [0.15, 0.2) is 72.8 Å². The van der Waals surface area contributed by atoms with Crippen molar-refractivity contribution in [3.05, 3.63) is 140 Å². The third-order valence-electron chi connectivity index (χ3n) is 14.0. The molecule has 5 heteroatoms. The highest BCUT2D eigenvalue weighted by Crippen LogP contribution is 2.42. The molecule has 0 amide bonds. The van der Waals surface area contributed by atoms with E-state index in [4.69, 9.17) is 11.3 Å². The SMILES string of the molecule is CCC(CC)(c1ccc(O)c(C)c1)c1ccc(CCC(O)C(C)(C)C)c(C)c1.[C-]#[N+]CCCCOc1ccc(C(CC)(CC)c2ccc(CCC(O)C(C)(C)C)c(C)c2)cc1C. The van der Waals surface area contributed by atoms with Gasteiger partial charge in [-0.05, 0) is 164 Å². The van der Waals surface area contributed by atoms with Crippen molar-refractivity contribution < 1.29 is 20.1 Å². The maximum atomic E-state index is 10.5. The van der Waals surface area contributed by atoms with Gasteiger partial charge in [-0.25, -0.2) is 6.57 Å². The molecule has 0 saturated carbocycles. The zero-order valence-corrected chi connectivity index (χ0v) is 41.3. The van der Waals surface area contributed by atoms with Crippen LogP contribution in [0.3, 0.4) is 0 Å². The fourth-order valence-corrected chi connectivity index (χ4v) is 9.00. The van der Waals surface area contributed by atoms with Crippen LogP contribution in [0.2, 0.25) is 0 Å². The number of nitrogens with zero attached hydrogens (tertiary/aromatic N) is 1. The van der Waals surface area contributed by atoms with Crippen LogP contribution in [-0.4, -0.2) is 40.7 Å². The molecule has 0 radical (unpaired) electrons. The lowest BCUT2D eigenvalue weighted by atomic mass is 9.69. The summed E-state index contributed by atoms with van der Waals surface area (Å²) in [6.07, 6.45) is 8.65. The maximum Gasteiger partial charge on any atom is 0.214 e. The van der Waals surface area contributed by atoms with E-state index in [-0.39, 0.29) is 33.9 Å². The topological polar surface area (TPSA) is 74.3 Å². The van der Waals surface area contributed by atoms with Crippen LogP contribution < -0.4 is 4.74 Å². The Morgan fingerprint density at radius 3 is 1.29 bits per heavy atom. The fourth-order valence-electron chi connectivity index (χ4n) is 9.00. The second-order valence-electron chi connectivity index (χ2n) is 20.1. The lowest BCUT2D eigenvalue weighted by Gasteiger charge is -2.34. The molecule has 0 spiro atoms. The number of hydrogen-bond donors (Lipinski definition) is 3. The van der Waals surface area contributed by atoms with E-state index in [9.17, 15) is 15.3 Å². The standard InChI is InChI=1S/C31H45NO2.C26H38O2/c1-9-31(10-2,27-16-17-28(24(4)22-27)34-20-12-11-19-32-8)26-15-13-25(23(3)21-26)14-18-29(33)30(5,6)7;1-8-26(9-2,22-13-14-23(27)19(4)17-22)21-12-10-20(18(3)16-21)11-15-24(28)25(5,6)7/h13,15-17,21-22,29,33H,9-12,14,18-20H2,1-7H3;10,12-14,16-17,24,27-28H,8-9,11,15H2,1-7H3. The first-order chi connectivity index (χ1) is 29.1. The van der Waals surface area contributed by atoms with Gasteiger partial charge in [0.25, 0.3) is 0 Å². The molecule has 5 nitrogen and oxygen atoms in total. The summed E-state index contributed by atoms with van der Waals surface area (Å²) in [5.74, 6) is 1.30. The molecule has 0 saturated heterocycles. The van der Waals surface area contributed by atoms with E-state index in [0.717, 1.165) is 75.5 Å². The van der Waals surface area contributed by atoms with Gasteiger partial charge in [-0.2, -0.15) is 0 Å². The summed E-state index contributed by atoms with van der Waals surface area (Å²) < 4.78 is 6.01. The summed E-state index contributed by atoms with van der Waals surface area (Å²) in [5, 5.41) is 30.8. The van der Waals surface area contributed by atoms with Gasteiger partial charge in [0.15, 0.2) is 0 Å². The molecular weight excluding hydrogens is 763 g/mol. The van der Waals surface area contributed by atoms with Gasteiger partial charge < -0.3 is 24.9 Å². The highest BCUT2D eigenvalue weighted by Gasteiger charge is 2.33. The average Bonchev–Trinajstić information content (AvgIpc) is 3.22. The molecule has 4 rings (SSSR count). The molecule has 0 aromatic heterocycles. The smallest absolute Gasteiger partial charge is 0.214 e. The van der Waals surface area contributed by atoms with Crippen LogP contribution in [0.25, 0.3) is 4.85 Å². The van der Waals surface area contributed by atoms with E-state index >= 15 is 0 Å². The number of aromatic hydroxyl groups is 1. The molecule has 0 aliphatic carbocycles. The summed E-state index contributed by atoms with van der Waals surface area (Å²) in [5.41, 5.74) is 12.4. The zero-order chi connectivity index (χ0) is 46.5. The molecule has 0 aliphatic heterocycles. The number of rotatable bonds is 19. The van der Waals surface area contributed by atoms with Crippen molar-refractivity contribution >= 4 is 0 Å². The molecule has 340 valence electrons. The van der Waals surface area contributed by atoms with Crippen LogP contribution in [0.4, 0.5) is 0 Å². The number of hydrogen-bond acceptors (Lipinski definition) is 4. The number of unbranched alkanes of at least 4 members (excludes halogenated alkanes) is 1. The Hall–Kier alpha value is -4.11. The number of ether oxygens (including phenoxy) is 1. The lowest BCUT2D eigenvalue weighted by molar-refractivity contribution is 0.0559. The predicted molar refractivity (Wildman–Crippen MR) is 263 cm³/mol. The summed E-state index contributed by atoms with van der Waals surface area (Å²) in [7, 11) is 0. The predicted octanol–water partition coefficient (Wildman–Crippen LogP) is 14.3. The number of phenols is 1. The molecule has 4 aromatic rings.